The summed E-state index contributed by atoms with van der Waals surface area (Å²) in [5.41, 5.74) is 0.574. The lowest BCUT2D eigenvalue weighted by molar-refractivity contribution is -0.129. The molecule has 0 aliphatic carbocycles. The smallest absolute Gasteiger partial charge is 0.271 e. The molecule has 124 valence electrons. The Morgan fingerprint density at radius 3 is 2.46 bits per heavy atom. The van der Waals surface area contributed by atoms with Gasteiger partial charge in [-0.1, -0.05) is 18.2 Å². The standard InChI is InChI=1S/C18H17FN2O3/c19-15-6-4-14(5-7-15)13-16(21-8-2-1-3-17(21)22)18(23)20-9-11-24-12-10-20/h1-8,13H,9-12H2/b16-13+. The van der Waals surface area contributed by atoms with Gasteiger partial charge in [-0.2, -0.15) is 0 Å². The van der Waals surface area contributed by atoms with E-state index in [1.807, 2.05) is 0 Å². The summed E-state index contributed by atoms with van der Waals surface area (Å²) < 4.78 is 19.7. The van der Waals surface area contributed by atoms with Crippen molar-refractivity contribution in [1.82, 2.24) is 9.47 Å². The number of pyridine rings is 1. The molecule has 24 heavy (non-hydrogen) atoms. The second-order valence-electron chi connectivity index (χ2n) is 5.39. The number of hydrogen-bond donors (Lipinski definition) is 0. The van der Waals surface area contributed by atoms with Crippen LogP contribution in [-0.2, 0) is 9.53 Å². The van der Waals surface area contributed by atoms with E-state index in [1.54, 1.807) is 41.4 Å². The highest BCUT2D eigenvalue weighted by atomic mass is 19.1. The number of carbonyl (C=O) groups is 1. The van der Waals surface area contributed by atoms with Gasteiger partial charge in [0.15, 0.2) is 0 Å². The number of halogens is 1. The summed E-state index contributed by atoms with van der Waals surface area (Å²) in [6, 6.07) is 10.5. The number of aromatic nitrogens is 1. The van der Waals surface area contributed by atoms with Crippen LogP contribution in [-0.4, -0.2) is 41.7 Å². The molecule has 6 heteroatoms. The van der Waals surface area contributed by atoms with Crippen molar-refractivity contribution in [3.05, 3.63) is 70.4 Å². The van der Waals surface area contributed by atoms with Crippen LogP contribution in [0.5, 0.6) is 0 Å². The summed E-state index contributed by atoms with van der Waals surface area (Å²) in [6.45, 7) is 1.89. The van der Waals surface area contributed by atoms with E-state index in [0.717, 1.165) is 0 Å². The highest BCUT2D eigenvalue weighted by Crippen LogP contribution is 2.15. The minimum Gasteiger partial charge on any atom is -0.378 e. The zero-order chi connectivity index (χ0) is 16.9. The molecule has 0 unspecified atom stereocenters. The quantitative estimate of drug-likeness (QED) is 0.808. The topological polar surface area (TPSA) is 51.5 Å². The van der Waals surface area contributed by atoms with E-state index in [4.69, 9.17) is 4.74 Å². The first-order valence-electron chi connectivity index (χ1n) is 7.67. The normalized spacial score (nSPS) is 15.4. The molecule has 5 nitrogen and oxygen atoms in total. The van der Waals surface area contributed by atoms with Gasteiger partial charge >= 0.3 is 0 Å². The summed E-state index contributed by atoms with van der Waals surface area (Å²) in [7, 11) is 0. The third-order valence-corrected chi connectivity index (χ3v) is 3.77. The van der Waals surface area contributed by atoms with Gasteiger partial charge in [0, 0.05) is 25.4 Å². The van der Waals surface area contributed by atoms with Gasteiger partial charge in [-0.15, -0.1) is 0 Å². The molecule has 1 aliphatic heterocycles. The van der Waals surface area contributed by atoms with E-state index in [2.05, 4.69) is 0 Å². The minimum absolute atomic E-state index is 0.231. The predicted molar refractivity (Wildman–Crippen MR) is 88.7 cm³/mol. The van der Waals surface area contributed by atoms with Crippen molar-refractivity contribution >= 4 is 17.7 Å². The van der Waals surface area contributed by atoms with Crippen molar-refractivity contribution in [2.24, 2.45) is 0 Å². The SMILES string of the molecule is O=C(/C(=C\c1ccc(F)cc1)n1ccccc1=O)N1CCOCC1. The van der Waals surface area contributed by atoms with Crippen molar-refractivity contribution in [1.29, 1.82) is 0 Å². The first kappa shape index (κ1) is 16.1. The van der Waals surface area contributed by atoms with Crippen molar-refractivity contribution in [3.63, 3.8) is 0 Å². The average molecular weight is 328 g/mol. The van der Waals surface area contributed by atoms with E-state index in [-0.39, 0.29) is 23.0 Å². The van der Waals surface area contributed by atoms with Gasteiger partial charge in [-0.25, -0.2) is 4.39 Å². The van der Waals surface area contributed by atoms with Gasteiger partial charge in [0.05, 0.1) is 13.2 Å². The van der Waals surface area contributed by atoms with Gasteiger partial charge in [-0.3, -0.25) is 14.2 Å². The van der Waals surface area contributed by atoms with Crippen molar-refractivity contribution < 1.29 is 13.9 Å². The van der Waals surface area contributed by atoms with Crippen LogP contribution in [0.1, 0.15) is 5.56 Å². The van der Waals surface area contributed by atoms with Crippen LogP contribution >= 0.6 is 0 Å². The first-order chi connectivity index (χ1) is 11.6. The summed E-state index contributed by atoms with van der Waals surface area (Å²) in [5, 5.41) is 0. The fourth-order valence-electron chi connectivity index (χ4n) is 2.51. The van der Waals surface area contributed by atoms with Crippen LogP contribution in [0.3, 0.4) is 0 Å². The third kappa shape index (κ3) is 3.60. The second-order valence-corrected chi connectivity index (χ2v) is 5.39. The Bertz CT molecular complexity index is 806. The molecule has 0 spiro atoms. The summed E-state index contributed by atoms with van der Waals surface area (Å²) >= 11 is 0. The van der Waals surface area contributed by atoms with Crippen molar-refractivity contribution in [2.45, 2.75) is 0 Å². The molecule has 1 aromatic carbocycles. The molecule has 2 heterocycles. The maximum Gasteiger partial charge on any atom is 0.271 e. The number of carbonyl (C=O) groups excluding carboxylic acids is 1. The molecule has 0 bridgehead atoms. The van der Waals surface area contributed by atoms with Gasteiger partial charge in [0.25, 0.3) is 11.5 Å². The number of benzene rings is 1. The predicted octanol–water partition coefficient (Wildman–Crippen LogP) is 1.84. The summed E-state index contributed by atoms with van der Waals surface area (Å²) in [4.78, 5) is 26.7. The van der Waals surface area contributed by atoms with Crippen molar-refractivity contribution in [3.8, 4) is 0 Å². The Balaban J connectivity index is 2.03. The van der Waals surface area contributed by atoms with E-state index in [9.17, 15) is 14.0 Å². The van der Waals surface area contributed by atoms with Crippen LogP contribution in [0.2, 0.25) is 0 Å². The first-order valence-corrected chi connectivity index (χ1v) is 7.67. The monoisotopic (exact) mass is 328 g/mol. The van der Waals surface area contributed by atoms with Gasteiger partial charge < -0.3 is 9.64 Å². The second kappa shape index (κ2) is 7.23. The third-order valence-electron chi connectivity index (χ3n) is 3.77. The van der Waals surface area contributed by atoms with Crippen LogP contribution in [0.25, 0.3) is 11.8 Å². The highest BCUT2D eigenvalue weighted by Gasteiger charge is 2.22. The number of rotatable bonds is 3. The zero-order valence-corrected chi connectivity index (χ0v) is 13.0. The molecule has 2 aromatic rings. The maximum atomic E-state index is 13.1. The molecule has 1 saturated heterocycles. The van der Waals surface area contributed by atoms with Crippen LogP contribution in [0.4, 0.5) is 4.39 Å². The van der Waals surface area contributed by atoms with Gasteiger partial charge in [-0.05, 0) is 29.8 Å². The Morgan fingerprint density at radius 1 is 1.08 bits per heavy atom. The largest absolute Gasteiger partial charge is 0.378 e. The molecule has 1 amide bonds. The van der Waals surface area contributed by atoms with E-state index in [1.165, 1.54) is 22.8 Å². The van der Waals surface area contributed by atoms with Crippen LogP contribution in [0, 0.1) is 5.82 Å². The maximum absolute atomic E-state index is 13.1. The lowest BCUT2D eigenvalue weighted by Gasteiger charge is -2.28. The molecule has 0 atom stereocenters. The number of amides is 1. The molecule has 0 saturated carbocycles. The van der Waals surface area contributed by atoms with Gasteiger partial charge in [0.1, 0.15) is 11.5 Å². The Labute approximate surface area is 138 Å². The molecule has 3 rings (SSSR count). The number of ether oxygens (including phenoxy) is 1. The number of hydrogen-bond acceptors (Lipinski definition) is 3. The van der Waals surface area contributed by atoms with Gasteiger partial charge in [0.2, 0.25) is 0 Å². The summed E-state index contributed by atoms with van der Waals surface area (Å²) in [6.07, 6.45) is 3.15. The molecule has 1 fully saturated rings. The van der Waals surface area contributed by atoms with E-state index in [0.29, 0.717) is 31.9 Å². The Kier molecular flexibility index (Phi) is 4.86. The van der Waals surface area contributed by atoms with Crippen molar-refractivity contribution in [2.75, 3.05) is 26.3 Å². The van der Waals surface area contributed by atoms with E-state index < -0.39 is 0 Å². The number of nitrogens with zero attached hydrogens (tertiary/aromatic N) is 2. The fraction of sp³-hybridized carbons (Fsp3) is 0.222. The van der Waals surface area contributed by atoms with Crippen LogP contribution in [0.15, 0.2) is 53.5 Å². The zero-order valence-electron chi connectivity index (χ0n) is 13.0. The highest BCUT2D eigenvalue weighted by molar-refractivity contribution is 6.18. The lowest BCUT2D eigenvalue weighted by atomic mass is 10.1. The molecular weight excluding hydrogens is 311 g/mol. The molecule has 0 N–H and O–H groups in total. The Morgan fingerprint density at radius 2 is 1.79 bits per heavy atom. The molecule has 1 aliphatic rings. The fourth-order valence-corrected chi connectivity index (χ4v) is 2.51. The lowest BCUT2D eigenvalue weighted by Crippen LogP contribution is -2.42. The summed E-state index contributed by atoms with van der Waals surface area (Å²) in [5.74, 6) is -0.610. The molecular formula is C18H17FN2O3. The average Bonchev–Trinajstić information content (AvgIpc) is 2.62. The molecule has 1 aromatic heterocycles. The minimum atomic E-state index is -0.356. The van der Waals surface area contributed by atoms with Crippen LogP contribution < -0.4 is 5.56 Å². The van der Waals surface area contributed by atoms with E-state index >= 15 is 0 Å². The number of morpholine rings is 1. The molecule has 0 radical (unpaired) electrons. The Hall–Kier alpha value is -2.73.